The van der Waals surface area contributed by atoms with Crippen molar-refractivity contribution in [1.82, 2.24) is 10.2 Å². The maximum atomic E-state index is 13.2. The van der Waals surface area contributed by atoms with E-state index in [1.165, 1.54) is 24.0 Å². The fourth-order valence-corrected chi connectivity index (χ4v) is 2.96. The average Bonchev–Trinajstić information content (AvgIpc) is 2.67. The standard InChI is InChI=1S/C22H27FN2O2/c1-3-4-8-15-24-22(27)21(19-9-6-5-7-10-19)25(17(2)26)16-18-11-13-20(23)14-12-18/h5-7,9-14,21H,3-4,8,15-16H2,1-2H3,(H,24,27). The Kier molecular flexibility index (Phi) is 7.99. The van der Waals surface area contributed by atoms with E-state index in [0.29, 0.717) is 6.54 Å². The number of nitrogens with zero attached hydrogens (tertiary/aromatic N) is 1. The van der Waals surface area contributed by atoms with Crippen molar-refractivity contribution < 1.29 is 14.0 Å². The van der Waals surface area contributed by atoms with Crippen molar-refractivity contribution >= 4 is 11.8 Å². The third-order valence-electron chi connectivity index (χ3n) is 4.43. The molecule has 5 heteroatoms. The second-order valence-corrected chi connectivity index (χ2v) is 6.58. The first-order valence-electron chi connectivity index (χ1n) is 9.37. The number of carbonyl (C=O) groups excluding carboxylic acids is 2. The summed E-state index contributed by atoms with van der Waals surface area (Å²) in [6, 6.07) is 14.5. The van der Waals surface area contributed by atoms with Gasteiger partial charge in [-0.1, -0.05) is 62.2 Å². The summed E-state index contributed by atoms with van der Waals surface area (Å²) >= 11 is 0. The molecule has 0 aliphatic rings. The van der Waals surface area contributed by atoms with Gasteiger partial charge >= 0.3 is 0 Å². The zero-order valence-corrected chi connectivity index (χ0v) is 16.0. The highest BCUT2D eigenvalue weighted by Crippen LogP contribution is 2.24. The van der Waals surface area contributed by atoms with Crippen molar-refractivity contribution in [2.45, 2.75) is 45.7 Å². The maximum absolute atomic E-state index is 13.2. The van der Waals surface area contributed by atoms with Crippen LogP contribution in [-0.4, -0.2) is 23.3 Å². The van der Waals surface area contributed by atoms with Gasteiger partial charge in [0.05, 0.1) is 0 Å². The number of benzene rings is 2. The molecule has 1 unspecified atom stereocenters. The van der Waals surface area contributed by atoms with Gasteiger partial charge in [0.25, 0.3) is 0 Å². The van der Waals surface area contributed by atoms with Crippen molar-refractivity contribution in [3.63, 3.8) is 0 Å². The van der Waals surface area contributed by atoms with E-state index in [1.807, 2.05) is 30.3 Å². The van der Waals surface area contributed by atoms with Crippen LogP contribution in [0.4, 0.5) is 4.39 Å². The van der Waals surface area contributed by atoms with E-state index < -0.39 is 6.04 Å². The minimum atomic E-state index is -0.727. The highest BCUT2D eigenvalue weighted by atomic mass is 19.1. The quantitative estimate of drug-likeness (QED) is 0.672. The highest BCUT2D eigenvalue weighted by molar-refractivity contribution is 5.88. The molecule has 0 radical (unpaired) electrons. The summed E-state index contributed by atoms with van der Waals surface area (Å²) in [7, 11) is 0. The Balaban J connectivity index is 2.26. The number of nitrogens with one attached hydrogen (secondary N) is 1. The van der Waals surface area contributed by atoms with Gasteiger partial charge in [0.1, 0.15) is 11.9 Å². The van der Waals surface area contributed by atoms with Crippen LogP contribution in [0.25, 0.3) is 0 Å². The summed E-state index contributed by atoms with van der Waals surface area (Å²) in [5.41, 5.74) is 1.52. The molecule has 0 aliphatic heterocycles. The molecule has 1 atom stereocenters. The molecule has 0 aromatic heterocycles. The van der Waals surface area contributed by atoms with Gasteiger partial charge < -0.3 is 10.2 Å². The van der Waals surface area contributed by atoms with Crippen molar-refractivity contribution in [3.8, 4) is 0 Å². The third kappa shape index (κ3) is 6.20. The molecular weight excluding hydrogens is 343 g/mol. The first-order valence-corrected chi connectivity index (χ1v) is 9.37. The normalized spacial score (nSPS) is 11.7. The van der Waals surface area contributed by atoms with Crippen LogP contribution in [0.1, 0.15) is 50.3 Å². The summed E-state index contributed by atoms with van der Waals surface area (Å²) in [6.07, 6.45) is 3.02. The van der Waals surface area contributed by atoms with E-state index >= 15 is 0 Å². The molecule has 0 aliphatic carbocycles. The van der Waals surface area contributed by atoms with Crippen LogP contribution in [0.2, 0.25) is 0 Å². The maximum Gasteiger partial charge on any atom is 0.247 e. The third-order valence-corrected chi connectivity index (χ3v) is 4.43. The number of rotatable bonds is 9. The second-order valence-electron chi connectivity index (χ2n) is 6.58. The molecule has 2 amide bonds. The number of carbonyl (C=O) groups is 2. The molecule has 0 spiro atoms. The van der Waals surface area contributed by atoms with E-state index in [2.05, 4.69) is 12.2 Å². The first-order chi connectivity index (χ1) is 13.0. The van der Waals surface area contributed by atoms with Crippen molar-refractivity contribution in [1.29, 1.82) is 0 Å². The number of hydrogen-bond acceptors (Lipinski definition) is 2. The van der Waals surface area contributed by atoms with Crippen LogP contribution in [0.15, 0.2) is 54.6 Å². The molecule has 2 aromatic carbocycles. The smallest absolute Gasteiger partial charge is 0.247 e. The Morgan fingerprint density at radius 2 is 1.70 bits per heavy atom. The van der Waals surface area contributed by atoms with E-state index in [4.69, 9.17) is 0 Å². The molecule has 1 N–H and O–H groups in total. The number of halogens is 1. The summed E-state index contributed by atoms with van der Waals surface area (Å²) in [5, 5.41) is 2.95. The minimum absolute atomic E-state index is 0.199. The van der Waals surface area contributed by atoms with Gasteiger partial charge in [-0.3, -0.25) is 9.59 Å². The van der Waals surface area contributed by atoms with Gasteiger partial charge in [0.15, 0.2) is 0 Å². The lowest BCUT2D eigenvalue weighted by Gasteiger charge is -2.30. The molecule has 2 rings (SSSR count). The lowest BCUT2D eigenvalue weighted by molar-refractivity contribution is -0.140. The number of amides is 2. The highest BCUT2D eigenvalue weighted by Gasteiger charge is 2.29. The molecule has 0 fully saturated rings. The van der Waals surface area contributed by atoms with Crippen LogP contribution in [0.3, 0.4) is 0 Å². The van der Waals surface area contributed by atoms with Crippen LogP contribution < -0.4 is 5.32 Å². The fourth-order valence-electron chi connectivity index (χ4n) is 2.96. The predicted octanol–water partition coefficient (Wildman–Crippen LogP) is 4.22. The topological polar surface area (TPSA) is 49.4 Å². The minimum Gasteiger partial charge on any atom is -0.354 e. The molecular formula is C22H27FN2O2. The second kappa shape index (κ2) is 10.5. The molecule has 2 aromatic rings. The van der Waals surface area contributed by atoms with Crippen molar-refractivity contribution in [2.75, 3.05) is 6.54 Å². The lowest BCUT2D eigenvalue weighted by atomic mass is 10.0. The van der Waals surface area contributed by atoms with Gasteiger partial charge in [-0.25, -0.2) is 4.39 Å². The van der Waals surface area contributed by atoms with E-state index in [1.54, 1.807) is 12.1 Å². The van der Waals surface area contributed by atoms with Crippen LogP contribution in [0, 0.1) is 5.82 Å². The summed E-state index contributed by atoms with van der Waals surface area (Å²) in [5.74, 6) is -0.743. The summed E-state index contributed by atoms with van der Waals surface area (Å²) in [6.45, 7) is 4.37. The Morgan fingerprint density at radius 3 is 2.30 bits per heavy atom. The molecule has 0 saturated carbocycles. The number of unbranched alkanes of at least 4 members (excludes halogenated alkanes) is 2. The summed E-state index contributed by atoms with van der Waals surface area (Å²) < 4.78 is 13.2. The Labute approximate surface area is 160 Å². The van der Waals surface area contributed by atoms with Crippen molar-refractivity contribution in [3.05, 3.63) is 71.5 Å². The molecule has 144 valence electrons. The van der Waals surface area contributed by atoms with Gasteiger partial charge in [-0.2, -0.15) is 0 Å². The van der Waals surface area contributed by atoms with Crippen LogP contribution in [-0.2, 0) is 16.1 Å². The van der Waals surface area contributed by atoms with E-state index in [-0.39, 0.29) is 24.2 Å². The Hall–Kier alpha value is -2.69. The zero-order valence-electron chi connectivity index (χ0n) is 16.0. The van der Waals surface area contributed by atoms with Crippen LogP contribution >= 0.6 is 0 Å². The van der Waals surface area contributed by atoms with Gasteiger partial charge in [-0.05, 0) is 29.7 Å². The SMILES string of the molecule is CCCCCNC(=O)C(c1ccccc1)N(Cc1ccc(F)cc1)C(C)=O. The molecule has 0 bridgehead atoms. The average molecular weight is 370 g/mol. The van der Waals surface area contributed by atoms with Gasteiger partial charge in [-0.15, -0.1) is 0 Å². The van der Waals surface area contributed by atoms with Gasteiger partial charge in [0, 0.05) is 20.0 Å². The lowest BCUT2D eigenvalue weighted by Crippen LogP contribution is -2.42. The van der Waals surface area contributed by atoms with E-state index in [9.17, 15) is 14.0 Å². The predicted molar refractivity (Wildman–Crippen MR) is 104 cm³/mol. The monoisotopic (exact) mass is 370 g/mol. The molecule has 0 saturated heterocycles. The Bertz CT molecular complexity index is 732. The Morgan fingerprint density at radius 1 is 1.04 bits per heavy atom. The first kappa shape index (κ1) is 20.6. The van der Waals surface area contributed by atoms with Crippen LogP contribution in [0.5, 0.6) is 0 Å². The molecule has 0 heterocycles. The molecule has 4 nitrogen and oxygen atoms in total. The van der Waals surface area contributed by atoms with Gasteiger partial charge in [0.2, 0.25) is 11.8 Å². The van der Waals surface area contributed by atoms with Crippen molar-refractivity contribution in [2.24, 2.45) is 0 Å². The zero-order chi connectivity index (χ0) is 19.6. The largest absolute Gasteiger partial charge is 0.354 e. The fraction of sp³-hybridized carbons (Fsp3) is 0.364. The summed E-state index contributed by atoms with van der Waals surface area (Å²) in [4.78, 5) is 26.8. The molecule has 27 heavy (non-hydrogen) atoms. The van der Waals surface area contributed by atoms with E-state index in [0.717, 1.165) is 30.4 Å². The number of hydrogen-bond donors (Lipinski definition) is 1.